The van der Waals surface area contributed by atoms with Gasteiger partial charge in [-0.05, 0) is 56.2 Å². The Morgan fingerprint density at radius 3 is 2.35 bits per heavy atom. The van der Waals surface area contributed by atoms with Gasteiger partial charge in [0.1, 0.15) is 0 Å². The van der Waals surface area contributed by atoms with Crippen LogP contribution in [0.3, 0.4) is 0 Å². The maximum absolute atomic E-state index is 13.4. The second kappa shape index (κ2) is 8.94. The van der Waals surface area contributed by atoms with Crippen LogP contribution >= 0.6 is 23.2 Å². The van der Waals surface area contributed by atoms with E-state index in [1.807, 2.05) is 27.7 Å². The second-order valence-corrected chi connectivity index (χ2v) is 9.32. The molecule has 0 aliphatic carbocycles. The number of urea groups is 2. The molecule has 1 fully saturated rings. The summed E-state index contributed by atoms with van der Waals surface area (Å²) < 4.78 is 0. The third kappa shape index (κ3) is 4.74. The van der Waals surface area contributed by atoms with E-state index in [0.29, 0.717) is 33.0 Å². The van der Waals surface area contributed by atoms with Gasteiger partial charge < -0.3 is 10.2 Å². The number of amides is 4. The van der Waals surface area contributed by atoms with Gasteiger partial charge in [0.2, 0.25) is 0 Å². The van der Waals surface area contributed by atoms with Gasteiger partial charge in [0.15, 0.2) is 6.17 Å². The van der Waals surface area contributed by atoms with Gasteiger partial charge in [-0.25, -0.2) is 9.59 Å². The molecule has 1 saturated heterocycles. The molecule has 0 bridgehead atoms. The Hall–Kier alpha value is -2.48. The van der Waals surface area contributed by atoms with Gasteiger partial charge in [0.25, 0.3) is 0 Å². The number of nitrogens with zero attached hydrogens (tertiary/aromatic N) is 3. The molecule has 7 nitrogen and oxygen atoms in total. The standard InChI is InChI=1S/C22H26Cl2N4O3/c1-14(2)13-26-21(30)27(18-10-6-8-16(24)12-18)19(22(26,3)4)28(31)20(29)25-17-9-5-7-15(23)11-17/h5-12,14,19,31H,13H2,1-4H3,(H,25,29). The van der Waals surface area contributed by atoms with E-state index in [0.717, 1.165) is 0 Å². The maximum Gasteiger partial charge on any atom is 0.347 e. The van der Waals surface area contributed by atoms with Crippen molar-refractivity contribution in [2.75, 3.05) is 16.8 Å². The molecule has 4 amide bonds. The van der Waals surface area contributed by atoms with Crippen LogP contribution < -0.4 is 10.2 Å². The van der Waals surface area contributed by atoms with E-state index in [2.05, 4.69) is 5.32 Å². The number of carbonyl (C=O) groups excluding carboxylic acids is 2. The van der Waals surface area contributed by atoms with Crippen LogP contribution in [0.5, 0.6) is 0 Å². The van der Waals surface area contributed by atoms with E-state index >= 15 is 0 Å². The molecule has 2 N–H and O–H groups in total. The lowest BCUT2D eigenvalue weighted by Gasteiger charge is -2.38. The molecule has 0 aromatic heterocycles. The van der Waals surface area contributed by atoms with E-state index in [9.17, 15) is 14.8 Å². The third-order valence-electron chi connectivity index (χ3n) is 5.16. The van der Waals surface area contributed by atoms with Crippen LogP contribution in [0.2, 0.25) is 10.0 Å². The maximum atomic E-state index is 13.4. The van der Waals surface area contributed by atoms with Crippen LogP contribution in [-0.2, 0) is 0 Å². The molecule has 2 aromatic rings. The van der Waals surface area contributed by atoms with Gasteiger partial charge >= 0.3 is 12.1 Å². The predicted octanol–water partition coefficient (Wildman–Crippen LogP) is 5.92. The van der Waals surface area contributed by atoms with E-state index in [1.54, 1.807) is 53.4 Å². The van der Waals surface area contributed by atoms with Gasteiger partial charge in [-0.1, -0.05) is 49.2 Å². The Balaban J connectivity index is 1.99. The summed E-state index contributed by atoms with van der Waals surface area (Å²) in [4.78, 5) is 29.4. The van der Waals surface area contributed by atoms with Crippen LogP contribution in [0, 0.1) is 5.92 Å². The smallest absolute Gasteiger partial charge is 0.315 e. The number of halogens is 2. The number of rotatable bonds is 5. The van der Waals surface area contributed by atoms with Gasteiger partial charge in [-0.3, -0.25) is 10.1 Å². The summed E-state index contributed by atoms with van der Waals surface area (Å²) in [6.07, 6.45) is -1.00. The van der Waals surface area contributed by atoms with Gasteiger partial charge in [-0.2, -0.15) is 5.06 Å². The van der Waals surface area contributed by atoms with Crippen molar-refractivity contribution in [3.05, 3.63) is 58.6 Å². The highest BCUT2D eigenvalue weighted by Gasteiger charge is 2.56. The number of nitrogens with one attached hydrogen (secondary N) is 1. The minimum Gasteiger partial charge on any atom is -0.315 e. The van der Waals surface area contributed by atoms with Crippen molar-refractivity contribution >= 4 is 46.6 Å². The first-order valence-electron chi connectivity index (χ1n) is 9.93. The van der Waals surface area contributed by atoms with Gasteiger partial charge in [-0.15, -0.1) is 0 Å². The van der Waals surface area contributed by atoms with Crippen LogP contribution in [0.1, 0.15) is 27.7 Å². The van der Waals surface area contributed by atoms with Crippen LogP contribution in [-0.4, -0.2) is 45.5 Å². The van der Waals surface area contributed by atoms with Crippen LogP contribution in [0.25, 0.3) is 0 Å². The zero-order valence-electron chi connectivity index (χ0n) is 17.8. The van der Waals surface area contributed by atoms with E-state index < -0.39 is 17.7 Å². The zero-order chi connectivity index (χ0) is 22.9. The molecular formula is C22H26Cl2N4O3. The van der Waals surface area contributed by atoms with Crippen LogP contribution in [0.15, 0.2) is 48.5 Å². The monoisotopic (exact) mass is 464 g/mol. The lowest BCUT2D eigenvalue weighted by Crippen LogP contribution is -2.58. The molecule has 0 radical (unpaired) electrons. The fourth-order valence-corrected chi connectivity index (χ4v) is 4.13. The topological polar surface area (TPSA) is 76.1 Å². The molecule has 0 spiro atoms. The summed E-state index contributed by atoms with van der Waals surface area (Å²) in [7, 11) is 0. The average molecular weight is 465 g/mol. The Morgan fingerprint density at radius 2 is 1.77 bits per heavy atom. The first-order valence-corrected chi connectivity index (χ1v) is 10.7. The lowest BCUT2D eigenvalue weighted by atomic mass is 9.98. The SMILES string of the molecule is CC(C)CN1C(=O)N(c2cccc(Cl)c2)C(N(O)C(=O)Nc2cccc(Cl)c2)C1(C)C. The van der Waals surface area contributed by atoms with Crippen LogP contribution in [0.4, 0.5) is 21.0 Å². The van der Waals surface area contributed by atoms with E-state index in [4.69, 9.17) is 23.2 Å². The minimum atomic E-state index is -1.00. The molecule has 166 valence electrons. The summed E-state index contributed by atoms with van der Waals surface area (Å²) in [5.41, 5.74) is 0.00726. The third-order valence-corrected chi connectivity index (χ3v) is 5.63. The Morgan fingerprint density at radius 1 is 1.16 bits per heavy atom. The van der Waals surface area contributed by atoms with Gasteiger partial charge in [0, 0.05) is 28.0 Å². The molecule has 9 heteroatoms. The molecule has 31 heavy (non-hydrogen) atoms. The quantitative estimate of drug-likeness (QED) is 0.425. The Labute approximate surface area is 192 Å². The number of benzene rings is 2. The second-order valence-electron chi connectivity index (χ2n) is 8.45. The molecular weight excluding hydrogens is 439 g/mol. The van der Waals surface area contributed by atoms with Crippen molar-refractivity contribution in [2.24, 2.45) is 5.92 Å². The fourth-order valence-electron chi connectivity index (χ4n) is 3.76. The summed E-state index contributed by atoms with van der Waals surface area (Å²) in [5, 5.41) is 15.1. The molecule has 2 aromatic carbocycles. The molecule has 3 rings (SSSR count). The summed E-state index contributed by atoms with van der Waals surface area (Å²) in [5.74, 6) is 0.190. The highest BCUT2D eigenvalue weighted by molar-refractivity contribution is 6.31. The summed E-state index contributed by atoms with van der Waals surface area (Å²) in [6.45, 7) is 8.10. The van der Waals surface area contributed by atoms with Crippen molar-refractivity contribution < 1.29 is 14.8 Å². The Kier molecular flexibility index (Phi) is 6.69. The molecule has 1 aliphatic heterocycles. The molecule has 0 saturated carbocycles. The number of carbonyl (C=O) groups is 2. The highest BCUT2D eigenvalue weighted by Crippen LogP contribution is 2.39. The average Bonchev–Trinajstić information content (AvgIpc) is 2.87. The molecule has 1 heterocycles. The fraction of sp³-hybridized carbons (Fsp3) is 0.364. The van der Waals surface area contributed by atoms with Crippen molar-refractivity contribution in [1.29, 1.82) is 0 Å². The first-order chi connectivity index (χ1) is 14.5. The van der Waals surface area contributed by atoms with Crippen molar-refractivity contribution in [2.45, 2.75) is 39.4 Å². The molecule has 1 aliphatic rings. The first kappa shape index (κ1) is 23.2. The lowest BCUT2D eigenvalue weighted by molar-refractivity contribution is -0.0954. The predicted molar refractivity (Wildman–Crippen MR) is 123 cm³/mol. The number of hydrogen-bond acceptors (Lipinski definition) is 3. The zero-order valence-corrected chi connectivity index (χ0v) is 19.4. The van der Waals surface area contributed by atoms with Crippen molar-refractivity contribution in [3.8, 4) is 0 Å². The largest absolute Gasteiger partial charge is 0.347 e. The number of hydrogen-bond donors (Lipinski definition) is 2. The number of anilines is 2. The van der Waals surface area contributed by atoms with E-state index in [-0.39, 0.29) is 11.9 Å². The summed E-state index contributed by atoms with van der Waals surface area (Å²) in [6, 6.07) is 12.2. The van der Waals surface area contributed by atoms with Crippen molar-refractivity contribution in [1.82, 2.24) is 9.96 Å². The normalized spacial score (nSPS) is 17.9. The molecule has 1 atom stereocenters. The minimum absolute atomic E-state index is 0.190. The molecule has 1 unspecified atom stereocenters. The van der Waals surface area contributed by atoms with E-state index in [1.165, 1.54) is 4.90 Å². The Bertz CT molecular complexity index is 983. The van der Waals surface area contributed by atoms with Crippen molar-refractivity contribution in [3.63, 3.8) is 0 Å². The number of hydroxylamine groups is 2. The summed E-state index contributed by atoms with van der Waals surface area (Å²) >= 11 is 12.1. The highest BCUT2D eigenvalue weighted by atomic mass is 35.5. The van der Waals surface area contributed by atoms with Gasteiger partial charge in [0.05, 0.1) is 5.54 Å².